The highest BCUT2D eigenvalue weighted by molar-refractivity contribution is 7.89. The Hall–Kier alpha value is -1.93. The molecule has 0 aliphatic heterocycles. The van der Waals surface area contributed by atoms with Crippen LogP contribution in [0.25, 0.3) is 11.0 Å². The molecule has 1 aromatic heterocycles. The quantitative estimate of drug-likeness (QED) is 0.690. The number of amides is 1. The number of imidazole rings is 1. The van der Waals surface area contributed by atoms with Gasteiger partial charge < -0.3 is 9.47 Å². The maximum Gasteiger partial charge on any atom is 0.242 e. The molecule has 0 bridgehead atoms. The number of sulfonamides is 1. The van der Waals surface area contributed by atoms with Gasteiger partial charge in [0.15, 0.2) is 0 Å². The van der Waals surface area contributed by atoms with E-state index in [2.05, 4.69) is 4.98 Å². The van der Waals surface area contributed by atoms with Crippen molar-refractivity contribution >= 4 is 27.0 Å². The third-order valence-corrected chi connectivity index (χ3v) is 7.77. The number of aromatic nitrogens is 2. The minimum Gasteiger partial charge on any atom is -0.340 e. The fourth-order valence-corrected chi connectivity index (χ4v) is 5.14. The van der Waals surface area contributed by atoms with Crippen LogP contribution in [0.1, 0.15) is 51.3 Å². The molecule has 29 heavy (non-hydrogen) atoms. The van der Waals surface area contributed by atoms with Gasteiger partial charge in [0.2, 0.25) is 15.9 Å². The first-order chi connectivity index (χ1) is 13.8. The Kier molecular flexibility index (Phi) is 6.63. The Bertz CT molecular complexity index is 975. The number of hydrogen-bond acceptors (Lipinski definition) is 4. The molecule has 0 spiro atoms. The Morgan fingerprint density at radius 3 is 2.52 bits per heavy atom. The molecule has 8 heteroatoms. The van der Waals surface area contributed by atoms with E-state index < -0.39 is 10.0 Å². The van der Waals surface area contributed by atoms with Crippen LogP contribution in [-0.4, -0.2) is 59.8 Å². The largest absolute Gasteiger partial charge is 0.340 e. The summed E-state index contributed by atoms with van der Waals surface area (Å²) < 4.78 is 27.9. The van der Waals surface area contributed by atoms with Crippen molar-refractivity contribution in [2.75, 3.05) is 20.6 Å². The maximum atomic E-state index is 12.8. The maximum absolute atomic E-state index is 12.8. The number of benzene rings is 1. The second-order valence-electron chi connectivity index (χ2n) is 8.00. The van der Waals surface area contributed by atoms with Crippen molar-refractivity contribution < 1.29 is 13.2 Å². The molecular formula is C21H32N4O3S. The summed E-state index contributed by atoms with van der Waals surface area (Å²) in [6, 6.07) is 5.37. The molecule has 1 saturated carbocycles. The first kappa shape index (κ1) is 21.8. The van der Waals surface area contributed by atoms with Gasteiger partial charge in [-0.3, -0.25) is 4.79 Å². The van der Waals surface area contributed by atoms with Gasteiger partial charge in [-0.15, -0.1) is 0 Å². The van der Waals surface area contributed by atoms with E-state index in [1.54, 1.807) is 18.2 Å². The van der Waals surface area contributed by atoms with E-state index in [0.717, 1.165) is 30.7 Å². The molecule has 1 aromatic carbocycles. The molecule has 1 aliphatic rings. The molecule has 0 radical (unpaired) electrons. The summed E-state index contributed by atoms with van der Waals surface area (Å²) >= 11 is 0. The summed E-state index contributed by atoms with van der Waals surface area (Å²) in [5, 5.41) is 0. The van der Waals surface area contributed by atoms with Crippen LogP contribution < -0.4 is 0 Å². The molecule has 1 heterocycles. The normalized spacial score (nSPS) is 15.9. The van der Waals surface area contributed by atoms with Crippen LogP contribution in [0.4, 0.5) is 0 Å². The lowest BCUT2D eigenvalue weighted by Gasteiger charge is -2.33. The fraction of sp³-hybridized carbons (Fsp3) is 0.619. The molecule has 1 aliphatic carbocycles. The number of carbonyl (C=O) groups excluding carboxylic acids is 1. The smallest absolute Gasteiger partial charge is 0.242 e. The lowest BCUT2D eigenvalue weighted by molar-refractivity contribution is -0.133. The van der Waals surface area contributed by atoms with Gasteiger partial charge in [0, 0.05) is 46.6 Å². The standard InChI is InChI=1S/C21H32N4O3S/c1-5-25(16-9-7-6-8-10-16)21(26)14-13-20-22-18-15-17(29(27,28)23(2)3)11-12-19(18)24(20)4/h11-12,15-16H,5-10,13-14H2,1-4H3. The summed E-state index contributed by atoms with van der Waals surface area (Å²) in [5.41, 5.74) is 1.50. The van der Waals surface area contributed by atoms with Gasteiger partial charge in [-0.1, -0.05) is 19.3 Å². The topological polar surface area (TPSA) is 75.5 Å². The predicted molar refractivity (Wildman–Crippen MR) is 114 cm³/mol. The SMILES string of the molecule is CCN(C(=O)CCc1nc2cc(S(=O)(=O)N(C)C)ccc2n1C)C1CCCCC1. The number of nitrogens with zero attached hydrogens (tertiary/aromatic N) is 4. The zero-order valence-corrected chi connectivity index (χ0v) is 18.7. The van der Waals surface area contributed by atoms with E-state index in [0.29, 0.717) is 24.4 Å². The molecule has 0 saturated heterocycles. The van der Waals surface area contributed by atoms with E-state index in [1.165, 1.54) is 37.7 Å². The minimum atomic E-state index is -3.50. The van der Waals surface area contributed by atoms with Gasteiger partial charge in [0.05, 0.1) is 15.9 Å². The van der Waals surface area contributed by atoms with E-state index >= 15 is 0 Å². The van der Waals surface area contributed by atoms with Crippen LogP contribution in [0, 0.1) is 0 Å². The van der Waals surface area contributed by atoms with Crippen molar-refractivity contribution in [3.63, 3.8) is 0 Å². The zero-order chi connectivity index (χ0) is 21.2. The molecule has 3 rings (SSSR count). The Labute approximate surface area is 173 Å². The van der Waals surface area contributed by atoms with Crippen molar-refractivity contribution in [2.45, 2.75) is 62.8 Å². The summed E-state index contributed by atoms with van der Waals surface area (Å²) in [5.74, 6) is 0.981. The number of carbonyl (C=O) groups is 1. The average molecular weight is 421 g/mol. The first-order valence-corrected chi connectivity index (χ1v) is 11.9. The Morgan fingerprint density at radius 2 is 1.90 bits per heavy atom. The molecule has 1 fully saturated rings. The van der Waals surface area contributed by atoms with Crippen LogP contribution in [0.2, 0.25) is 0 Å². The number of fused-ring (bicyclic) bond motifs is 1. The summed E-state index contributed by atoms with van der Waals surface area (Å²) in [4.78, 5) is 19.7. The van der Waals surface area contributed by atoms with Crippen LogP contribution >= 0.6 is 0 Å². The second-order valence-corrected chi connectivity index (χ2v) is 10.1. The summed E-state index contributed by atoms with van der Waals surface area (Å²) in [6.45, 7) is 2.80. The average Bonchev–Trinajstić information content (AvgIpc) is 3.02. The van der Waals surface area contributed by atoms with Crippen LogP contribution in [0.5, 0.6) is 0 Å². The molecule has 7 nitrogen and oxygen atoms in total. The zero-order valence-electron chi connectivity index (χ0n) is 17.9. The first-order valence-electron chi connectivity index (χ1n) is 10.4. The van der Waals surface area contributed by atoms with Gasteiger partial charge in [0.25, 0.3) is 0 Å². The number of hydrogen-bond donors (Lipinski definition) is 0. The minimum absolute atomic E-state index is 0.183. The number of rotatable bonds is 7. The molecule has 0 unspecified atom stereocenters. The van der Waals surface area contributed by atoms with E-state index in [1.807, 2.05) is 23.4 Å². The summed E-state index contributed by atoms with van der Waals surface area (Å²) in [6.07, 6.45) is 6.86. The summed E-state index contributed by atoms with van der Waals surface area (Å²) in [7, 11) is 1.44. The molecule has 0 atom stereocenters. The second kappa shape index (κ2) is 8.83. The van der Waals surface area contributed by atoms with E-state index in [4.69, 9.17) is 0 Å². The lowest BCUT2D eigenvalue weighted by Crippen LogP contribution is -2.41. The van der Waals surface area contributed by atoms with Crippen molar-refractivity contribution in [1.29, 1.82) is 0 Å². The highest BCUT2D eigenvalue weighted by atomic mass is 32.2. The highest BCUT2D eigenvalue weighted by Gasteiger charge is 2.24. The Balaban J connectivity index is 1.76. The van der Waals surface area contributed by atoms with Gasteiger partial charge in [-0.25, -0.2) is 17.7 Å². The van der Waals surface area contributed by atoms with Gasteiger partial charge in [-0.2, -0.15) is 0 Å². The highest BCUT2D eigenvalue weighted by Crippen LogP contribution is 2.24. The van der Waals surface area contributed by atoms with Gasteiger partial charge in [-0.05, 0) is 38.0 Å². The lowest BCUT2D eigenvalue weighted by atomic mass is 9.94. The molecule has 2 aromatic rings. The van der Waals surface area contributed by atoms with Crippen molar-refractivity contribution in [2.24, 2.45) is 7.05 Å². The van der Waals surface area contributed by atoms with Gasteiger partial charge in [0.1, 0.15) is 5.82 Å². The van der Waals surface area contributed by atoms with Crippen LogP contribution in [0.3, 0.4) is 0 Å². The van der Waals surface area contributed by atoms with E-state index in [-0.39, 0.29) is 10.8 Å². The fourth-order valence-electron chi connectivity index (χ4n) is 4.22. The number of aryl methyl sites for hydroxylation is 2. The molecule has 1 amide bonds. The predicted octanol–water partition coefficient (Wildman–Crippen LogP) is 2.94. The monoisotopic (exact) mass is 420 g/mol. The van der Waals surface area contributed by atoms with Gasteiger partial charge >= 0.3 is 0 Å². The van der Waals surface area contributed by atoms with E-state index in [9.17, 15) is 13.2 Å². The van der Waals surface area contributed by atoms with Crippen LogP contribution in [0.15, 0.2) is 23.1 Å². The third kappa shape index (κ3) is 4.48. The van der Waals surface area contributed by atoms with Crippen molar-refractivity contribution in [3.05, 3.63) is 24.0 Å². The molecule has 0 N–H and O–H groups in total. The Morgan fingerprint density at radius 1 is 1.21 bits per heavy atom. The third-order valence-electron chi connectivity index (χ3n) is 5.96. The van der Waals surface area contributed by atoms with Crippen molar-refractivity contribution in [1.82, 2.24) is 18.8 Å². The van der Waals surface area contributed by atoms with Crippen molar-refractivity contribution in [3.8, 4) is 0 Å². The molecule has 160 valence electrons. The molecular weight excluding hydrogens is 388 g/mol. The van der Waals surface area contributed by atoms with Crippen LogP contribution in [-0.2, 0) is 28.3 Å².